The molecule has 0 spiro atoms. The summed E-state index contributed by atoms with van der Waals surface area (Å²) in [6.07, 6.45) is 4.94. The minimum atomic E-state index is -1.06. The van der Waals surface area contributed by atoms with E-state index in [0.717, 1.165) is 31.2 Å². The zero-order valence-corrected chi connectivity index (χ0v) is 24.4. The van der Waals surface area contributed by atoms with Crippen LogP contribution in [0.1, 0.15) is 61.4 Å². The van der Waals surface area contributed by atoms with E-state index in [1.807, 2.05) is 30.3 Å². The van der Waals surface area contributed by atoms with Crippen LogP contribution in [0.2, 0.25) is 0 Å². The van der Waals surface area contributed by atoms with Gasteiger partial charge in [-0.05, 0) is 43.9 Å². The number of hydrogen-bond acceptors (Lipinski definition) is 7. The Bertz CT molecular complexity index is 1230. The van der Waals surface area contributed by atoms with Crippen molar-refractivity contribution in [2.24, 2.45) is 0 Å². The van der Waals surface area contributed by atoms with Crippen molar-refractivity contribution >= 4 is 23.5 Å². The summed E-state index contributed by atoms with van der Waals surface area (Å²) < 4.78 is 16.5. The number of carbonyl (C=O) groups is 4. The molecule has 0 aromatic heterocycles. The molecule has 4 atom stereocenters. The largest absolute Gasteiger partial charge is 0.493 e. The van der Waals surface area contributed by atoms with Crippen molar-refractivity contribution in [3.05, 3.63) is 65.7 Å². The number of epoxide rings is 1. The topological polar surface area (TPSA) is 135 Å². The number of ether oxygens (including phenoxy) is 3. The second-order valence-electron chi connectivity index (χ2n) is 11.1. The Morgan fingerprint density at radius 1 is 1.00 bits per heavy atom. The van der Waals surface area contributed by atoms with Gasteiger partial charge in [0.05, 0.1) is 31.4 Å². The van der Waals surface area contributed by atoms with Crippen molar-refractivity contribution in [1.29, 1.82) is 0 Å². The average Bonchev–Trinajstić information content (AvgIpc) is 3.75. The van der Waals surface area contributed by atoms with E-state index in [4.69, 9.17) is 14.2 Å². The molecule has 0 unspecified atom stereocenters. The van der Waals surface area contributed by atoms with Gasteiger partial charge in [0.15, 0.2) is 5.78 Å². The second kappa shape index (κ2) is 14.9. The van der Waals surface area contributed by atoms with Gasteiger partial charge >= 0.3 is 0 Å². The number of carbonyl (C=O) groups excluding carboxylic acids is 4. The number of para-hydroxylation sites is 1. The van der Waals surface area contributed by atoms with Gasteiger partial charge in [0.1, 0.15) is 23.4 Å². The molecule has 0 saturated carbocycles. The van der Waals surface area contributed by atoms with Crippen LogP contribution in [0.5, 0.6) is 5.75 Å². The van der Waals surface area contributed by atoms with Crippen molar-refractivity contribution in [1.82, 2.24) is 16.0 Å². The lowest BCUT2D eigenvalue weighted by atomic mass is 9.94. The van der Waals surface area contributed by atoms with Gasteiger partial charge in [0, 0.05) is 7.11 Å². The molecule has 10 nitrogen and oxygen atoms in total. The third-order valence-corrected chi connectivity index (χ3v) is 7.63. The minimum Gasteiger partial charge on any atom is -0.493 e. The highest BCUT2D eigenvalue weighted by molar-refractivity contribution is 6.01. The molecule has 42 heavy (non-hydrogen) atoms. The highest BCUT2D eigenvalue weighted by Crippen LogP contribution is 2.29. The third-order valence-electron chi connectivity index (χ3n) is 7.63. The van der Waals surface area contributed by atoms with E-state index in [9.17, 15) is 19.2 Å². The second-order valence-corrected chi connectivity index (χ2v) is 11.1. The highest BCUT2D eigenvalue weighted by Gasteiger charge is 2.50. The smallest absolute Gasteiger partial charge is 0.255 e. The van der Waals surface area contributed by atoms with Crippen molar-refractivity contribution in [2.75, 3.05) is 26.9 Å². The van der Waals surface area contributed by atoms with Gasteiger partial charge in [-0.15, -0.1) is 0 Å². The van der Waals surface area contributed by atoms with Gasteiger partial charge in [0.2, 0.25) is 11.8 Å². The highest BCUT2D eigenvalue weighted by atomic mass is 16.6. The molecule has 10 heteroatoms. The fraction of sp³-hybridized carbons (Fsp3) is 0.500. The van der Waals surface area contributed by atoms with Crippen LogP contribution < -0.4 is 20.7 Å². The van der Waals surface area contributed by atoms with Gasteiger partial charge in [-0.2, -0.15) is 0 Å². The fourth-order valence-corrected chi connectivity index (χ4v) is 5.02. The van der Waals surface area contributed by atoms with Gasteiger partial charge in [-0.1, -0.05) is 68.1 Å². The Morgan fingerprint density at radius 3 is 2.43 bits per heavy atom. The maximum absolute atomic E-state index is 13.7. The van der Waals surface area contributed by atoms with Crippen LogP contribution in [-0.2, 0) is 30.3 Å². The number of methoxy groups -OCH3 is 1. The fourth-order valence-electron chi connectivity index (χ4n) is 5.02. The number of hydrogen-bond donors (Lipinski definition) is 3. The molecular weight excluding hydrogens is 538 g/mol. The Balaban J connectivity index is 1.53. The monoisotopic (exact) mass is 579 g/mol. The summed E-state index contributed by atoms with van der Waals surface area (Å²) in [6, 6.07) is 13.5. The number of amides is 3. The molecule has 2 aliphatic heterocycles. The van der Waals surface area contributed by atoms with Crippen molar-refractivity contribution in [3.8, 4) is 5.75 Å². The molecule has 2 aliphatic rings. The van der Waals surface area contributed by atoms with E-state index in [1.54, 1.807) is 31.2 Å². The van der Waals surface area contributed by atoms with Crippen LogP contribution in [0.3, 0.4) is 0 Å². The van der Waals surface area contributed by atoms with Gasteiger partial charge in [-0.25, -0.2) is 0 Å². The molecule has 4 rings (SSSR count). The summed E-state index contributed by atoms with van der Waals surface area (Å²) in [7, 11) is 1.43. The van der Waals surface area contributed by atoms with E-state index >= 15 is 0 Å². The standard InChI is InChI=1S/C32H41N3O7/c1-32(21-42-32)28(36)25(19-22-13-7-6-8-14-22)34-30(38)24-16-9-4-3-5-12-18-41-27-17-11-10-15-23(27)29(37)35-26(20-40-2)31(39)33-24/h6-8,10-11,13-15,17,24-26H,3-5,9,12,16,18-21H2,1-2H3,(H,33,39)(H,34,38)(H,35,37)/t24-,25-,26-,32+/m0/s1. The van der Waals surface area contributed by atoms with E-state index in [1.165, 1.54) is 7.11 Å². The summed E-state index contributed by atoms with van der Waals surface area (Å²) in [6.45, 7) is 2.39. The first kappa shape index (κ1) is 31.2. The van der Waals surface area contributed by atoms with Gasteiger partial charge < -0.3 is 30.2 Å². The molecule has 2 heterocycles. The zero-order valence-electron chi connectivity index (χ0n) is 24.4. The molecule has 0 radical (unpaired) electrons. The maximum Gasteiger partial charge on any atom is 0.255 e. The van der Waals surface area contributed by atoms with Gasteiger partial charge in [-0.3, -0.25) is 19.2 Å². The quantitative estimate of drug-likeness (QED) is 0.409. The summed E-state index contributed by atoms with van der Waals surface area (Å²) >= 11 is 0. The van der Waals surface area contributed by atoms with Crippen LogP contribution >= 0.6 is 0 Å². The molecule has 3 N–H and O–H groups in total. The Hall–Kier alpha value is -3.76. The Morgan fingerprint density at radius 2 is 1.69 bits per heavy atom. The first-order valence-corrected chi connectivity index (χ1v) is 14.7. The van der Waals surface area contributed by atoms with Crippen LogP contribution in [0.4, 0.5) is 0 Å². The van der Waals surface area contributed by atoms with Crippen LogP contribution in [-0.4, -0.2) is 74.2 Å². The number of rotatable bonds is 8. The third kappa shape index (κ3) is 8.62. The molecule has 0 aliphatic carbocycles. The van der Waals surface area contributed by atoms with Crippen LogP contribution in [0.25, 0.3) is 0 Å². The number of ketones is 1. The van der Waals surface area contributed by atoms with E-state index < -0.39 is 41.4 Å². The van der Waals surface area contributed by atoms with Gasteiger partial charge in [0.25, 0.3) is 5.91 Å². The number of Topliss-reactive ketones (excluding diaryl/α,β-unsaturated/α-hetero) is 1. The minimum absolute atomic E-state index is 0.0975. The number of benzene rings is 2. The lowest BCUT2D eigenvalue weighted by Crippen LogP contribution is -2.57. The van der Waals surface area contributed by atoms with Crippen LogP contribution in [0, 0.1) is 0 Å². The molecule has 2 aromatic rings. The van der Waals surface area contributed by atoms with E-state index in [2.05, 4.69) is 16.0 Å². The molecule has 226 valence electrons. The van der Waals surface area contributed by atoms with E-state index in [-0.39, 0.29) is 12.4 Å². The Labute approximate surface area is 246 Å². The molecule has 1 fully saturated rings. The predicted molar refractivity (Wildman–Crippen MR) is 156 cm³/mol. The summed E-state index contributed by atoms with van der Waals surface area (Å²) in [5.41, 5.74) is 0.282. The molecule has 3 amide bonds. The predicted octanol–water partition coefficient (Wildman–Crippen LogP) is 2.73. The Kier molecular flexibility index (Phi) is 11.1. The lowest BCUT2D eigenvalue weighted by molar-refractivity contribution is -0.133. The molecule has 1 saturated heterocycles. The molecular formula is C32H41N3O7. The van der Waals surface area contributed by atoms with E-state index in [0.29, 0.717) is 43.8 Å². The zero-order chi connectivity index (χ0) is 30.0. The van der Waals surface area contributed by atoms with Crippen molar-refractivity contribution in [3.63, 3.8) is 0 Å². The average molecular weight is 580 g/mol. The first-order valence-electron chi connectivity index (χ1n) is 14.7. The molecule has 0 bridgehead atoms. The summed E-state index contributed by atoms with van der Waals surface area (Å²) in [5, 5.41) is 8.45. The first-order chi connectivity index (χ1) is 20.3. The number of fused-ring (bicyclic) bond motifs is 1. The van der Waals surface area contributed by atoms with Crippen molar-refractivity contribution in [2.45, 2.75) is 75.6 Å². The van der Waals surface area contributed by atoms with Crippen molar-refractivity contribution < 1.29 is 33.4 Å². The molecule has 2 aromatic carbocycles. The summed E-state index contributed by atoms with van der Waals surface area (Å²) in [5.74, 6) is -1.26. The number of nitrogens with one attached hydrogen (secondary N) is 3. The SMILES string of the molecule is COC[C@@H]1NC(=O)c2ccccc2OCCCCCCC[C@@H](C(=O)N[C@@H](Cc2ccccc2)C(=O)[C@@]2(C)CO2)NC1=O. The maximum atomic E-state index is 13.7. The van der Waals surface area contributed by atoms with Crippen LogP contribution in [0.15, 0.2) is 54.6 Å². The normalized spacial score (nSPS) is 24.2. The lowest BCUT2D eigenvalue weighted by Gasteiger charge is -2.26. The summed E-state index contributed by atoms with van der Waals surface area (Å²) in [4.78, 5) is 53.6.